The molecule has 3 rings (SSSR count). The van der Waals surface area contributed by atoms with Crippen molar-refractivity contribution >= 4 is 37.8 Å². The van der Waals surface area contributed by atoms with Crippen molar-refractivity contribution in [2.75, 3.05) is 13.1 Å². The average Bonchev–Trinajstić information content (AvgIpc) is 3.18. The van der Waals surface area contributed by atoms with Crippen molar-refractivity contribution < 1.29 is 17.6 Å². The highest BCUT2D eigenvalue weighted by atomic mass is 79.9. The summed E-state index contributed by atoms with van der Waals surface area (Å²) >= 11 is 3.26. The van der Waals surface area contributed by atoms with E-state index in [0.717, 1.165) is 12.8 Å². The highest BCUT2D eigenvalue weighted by Gasteiger charge is 2.27. The van der Waals surface area contributed by atoms with Gasteiger partial charge >= 0.3 is 0 Å². The lowest BCUT2D eigenvalue weighted by Gasteiger charge is -2.15. The van der Waals surface area contributed by atoms with Crippen LogP contribution in [0.2, 0.25) is 0 Å². The van der Waals surface area contributed by atoms with Crippen LogP contribution in [0, 0.1) is 5.82 Å². The van der Waals surface area contributed by atoms with E-state index in [1.54, 1.807) is 12.1 Å². The zero-order chi connectivity index (χ0) is 18.7. The Labute approximate surface area is 160 Å². The zero-order valence-corrected chi connectivity index (χ0v) is 16.3. The van der Waals surface area contributed by atoms with Crippen LogP contribution in [0.3, 0.4) is 0 Å². The molecule has 0 atom stereocenters. The fourth-order valence-electron chi connectivity index (χ4n) is 2.77. The molecule has 0 aromatic heterocycles. The van der Waals surface area contributed by atoms with Crippen LogP contribution in [-0.2, 0) is 10.0 Å². The van der Waals surface area contributed by atoms with E-state index in [1.807, 2.05) is 0 Å². The van der Waals surface area contributed by atoms with Gasteiger partial charge in [-0.25, -0.2) is 12.8 Å². The number of halogens is 2. The summed E-state index contributed by atoms with van der Waals surface area (Å²) in [5.74, 6) is -0.751. The molecule has 0 radical (unpaired) electrons. The molecule has 7 heteroatoms. The van der Waals surface area contributed by atoms with Crippen LogP contribution < -0.4 is 0 Å². The van der Waals surface area contributed by atoms with Gasteiger partial charge < -0.3 is 0 Å². The number of nitrogens with zero attached hydrogens (tertiary/aromatic N) is 1. The van der Waals surface area contributed by atoms with Gasteiger partial charge in [0.25, 0.3) is 0 Å². The van der Waals surface area contributed by atoms with Crippen LogP contribution in [0.1, 0.15) is 28.8 Å². The van der Waals surface area contributed by atoms with Crippen molar-refractivity contribution in [1.82, 2.24) is 4.31 Å². The molecule has 0 spiro atoms. The summed E-state index contributed by atoms with van der Waals surface area (Å²) in [5, 5.41) is 0. The average molecular weight is 438 g/mol. The molecule has 0 aliphatic carbocycles. The summed E-state index contributed by atoms with van der Waals surface area (Å²) in [6.07, 6.45) is 4.41. The maximum absolute atomic E-state index is 13.7. The predicted molar refractivity (Wildman–Crippen MR) is 102 cm³/mol. The van der Waals surface area contributed by atoms with E-state index in [4.69, 9.17) is 0 Å². The van der Waals surface area contributed by atoms with E-state index >= 15 is 0 Å². The first-order valence-corrected chi connectivity index (χ1v) is 10.4. The minimum atomic E-state index is -3.50. The van der Waals surface area contributed by atoms with Gasteiger partial charge in [-0.05, 0) is 67.5 Å². The molecule has 0 saturated carbocycles. The van der Waals surface area contributed by atoms with Crippen molar-refractivity contribution in [1.29, 1.82) is 0 Å². The van der Waals surface area contributed by atoms with Gasteiger partial charge in [-0.1, -0.05) is 15.9 Å². The number of hydrogen-bond acceptors (Lipinski definition) is 3. The number of benzene rings is 2. The smallest absolute Gasteiger partial charge is 0.243 e. The molecule has 1 fully saturated rings. The Morgan fingerprint density at radius 1 is 1.08 bits per heavy atom. The van der Waals surface area contributed by atoms with Crippen molar-refractivity contribution in [3.05, 3.63) is 70.0 Å². The van der Waals surface area contributed by atoms with E-state index in [1.165, 1.54) is 46.8 Å². The molecule has 1 heterocycles. The van der Waals surface area contributed by atoms with E-state index < -0.39 is 15.8 Å². The van der Waals surface area contributed by atoms with Crippen LogP contribution in [0.5, 0.6) is 0 Å². The molecule has 1 aliphatic rings. The molecule has 136 valence electrons. The number of hydrogen-bond donors (Lipinski definition) is 0. The third-order valence-electron chi connectivity index (χ3n) is 4.21. The van der Waals surface area contributed by atoms with Gasteiger partial charge in [0.1, 0.15) is 5.82 Å². The number of carbonyl (C=O) groups excluding carboxylic acids is 1. The predicted octanol–water partition coefficient (Wildman–Crippen LogP) is 4.27. The third-order valence-corrected chi connectivity index (χ3v) is 6.62. The lowest BCUT2D eigenvalue weighted by Crippen LogP contribution is -2.27. The Morgan fingerprint density at radius 2 is 1.73 bits per heavy atom. The molecule has 1 saturated heterocycles. The monoisotopic (exact) mass is 437 g/mol. The molecule has 1 aliphatic heterocycles. The minimum Gasteiger partial charge on any atom is -0.289 e. The molecule has 0 amide bonds. The van der Waals surface area contributed by atoms with Crippen LogP contribution in [0.4, 0.5) is 4.39 Å². The first kappa shape index (κ1) is 18.9. The molecule has 0 bridgehead atoms. The highest BCUT2D eigenvalue weighted by Crippen LogP contribution is 2.21. The summed E-state index contributed by atoms with van der Waals surface area (Å²) in [4.78, 5) is 12.4. The number of sulfonamides is 1. The van der Waals surface area contributed by atoms with Gasteiger partial charge in [-0.2, -0.15) is 4.31 Å². The van der Waals surface area contributed by atoms with Crippen molar-refractivity contribution in [2.45, 2.75) is 17.7 Å². The molecule has 0 unspecified atom stereocenters. The highest BCUT2D eigenvalue weighted by molar-refractivity contribution is 9.10. The van der Waals surface area contributed by atoms with E-state index in [0.29, 0.717) is 28.7 Å². The SMILES string of the molecule is O=C(/C=C/c1cc(Br)ccc1F)c1ccc(S(=O)(=O)N2CCCC2)cc1. The summed E-state index contributed by atoms with van der Waals surface area (Å²) < 4.78 is 40.8. The van der Waals surface area contributed by atoms with Gasteiger partial charge in [0.2, 0.25) is 10.0 Å². The van der Waals surface area contributed by atoms with Crippen LogP contribution in [0.25, 0.3) is 6.08 Å². The first-order chi connectivity index (χ1) is 12.4. The second-order valence-corrected chi connectivity index (χ2v) is 8.85. The summed E-state index contributed by atoms with van der Waals surface area (Å²) in [7, 11) is -3.50. The quantitative estimate of drug-likeness (QED) is 0.518. The molecular weight excluding hydrogens is 421 g/mol. The van der Waals surface area contributed by atoms with E-state index in [2.05, 4.69) is 15.9 Å². The van der Waals surface area contributed by atoms with Gasteiger partial charge in [0, 0.05) is 28.7 Å². The Morgan fingerprint density at radius 3 is 2.38 bits per heavy atom. The standard InChI is InChI=1S/C19H17BrFNO3S/c20-16-6-9-18(21)15(13-16)5-10-19(23)14-3-7-17(8-4-14)26(24,25)22-11-1-2-12-22/h3-10,13H,1-2,11-12H2/b10-5+. The van der Waals surface area contributed by atoms with Crippen LogP contribution in [0.15, 0.2) is 57.9 Å². The molecule has 2 aromatic rings. The number of allylic oxidation sites excluding steroid dienone is 1. The Hall–Kier alpha value is -1.83. The summed E-state index contributed by atoms with van der Waals surface area (Å²) in [6, 6.07) is 10.3. The van der Waals surface area contributed by atoms with Gasteiger partial charge in [0.05, 0.1) is 4.90 Å². The molecule has 0 N–H and O–H groups in total. The van der Waals surface area contributed by atoms with Crippen molar-refractivity contribution in [2.24, 2.45) is 0 Å². The lowest BCUT2D eigenvalue weighted by molar-refractivity contribution is 0.104. The van der Waals surface area contributed by atoms with Crippen LogP contribution in [-0.4, -0.2) is 31.6 Å². The normalized spacial score (nSPS) is 15.6. The second kappa shape index (κ2) is 7.82. The molecule has 26 heavy (non-hydrogen) atoms. The topological polar surface area (TPSA) is 54.5 Å². The second-order valence-electron chi connectivity index (χ2n) is 6.00. The lowest BCUT2D eigenvalue weighted by atomic mass is 10.1. The van der Waals surface area contributed by atoms with E-state index in [-0.39, 0.29) is 10.7 Å². The molecular formula is C19H17BrFNO3S. The van der Waals surface area contributed by atoms with E-state index in [9.17, 15) is 17.6 Å². The van der Waals surface area contributed by atoms with Crippen molar-refractivity contribution in [3.63, 3.8) is 0 Å². The fraction of sp³-hybridized carbons (Fsp3) is 0.211. The minimum absolute atomic E-state index is 0.179. The number of ketones is 1. The largest absolute Gasteiger partial charge is 0.289 e. The molecule has 2 aromatic carbocycles. The van der Waals surface area contributed by atoms with Crippen LogP contribution >= 0.6 is 15.9 Å². The zero-order valence-electron chi connectivity index (χ0n) is 13.9. The van der Waals surface area contributed by atoms with Gasteiger partial charge in [-0.3, -0.25) is 4.79 Å². The third kappa shape index (κ3) is 4.11. The summed E-state index contributed by atoms with van der Waals surface area (Å²) in [6.45, 7) is 1.06. The van der Waals surface area contributed by atoms with Gasteiger partial charge in [-0.15, -0.1) is 0 Å². The first-order valence-electron chi connectivity index (χ1n) is 8.15. The van der Waals surface area contributed by atoms with Crippen molar-refractivity contribution in [3.8, 4) is 0 Å². The Balaban J connectivity index is 1.77. The number of rotatable bonds is 5. The maximum atomic E-state index is 13.7. The number of carbonyl (C=O) groups is 1. The Bertz CT molecular complexity index is 949. The maximum Gasteiger partial charge on any atom is 0.243 e. The van der Waals surface area contributed by atoms with Gasteiger partial charge in [0.15, 0.2) is 5.78 Å². The molecule has 4 nitrogen and oxygen atoms in total. The fourth-order valence-corrected chi connectivity index (χ4v) is 4.67. The Kier molecular flexibility index (Phi) is 5.70. The summed E-state index contributed by atoms with van der Waals surface area (Å²) in [5.41, 5.74) is 0.637.